The molecule has 0 aromatic carbocycles. The lowest BCUT2D eigenvalue weighted by Crippen LogP contribution is -2.42. The van der Waals surface area contributed by atoms with Crippen LogP contribution in [0.5, 0.6) is 0 Å². The molecular formula is C25H30N6O3. The first-order valence-corrected chi connectivity index (χ1v) is 11.5. The summed E-state index contributed by atoms with van der Waals surface area (Å²) < 4.78 is 0. The molecular weight excluding hydrogens is 432 g/mol. The second kappa shape index (κ2) is 9.03. The lowest BCUT2D eigenvalue weighted by atomic mass is 9.83. The first-order valence-electron chi connectivity index (χ1n) is 11.5. The van der Waals surface area contributed by atoms with Crippen molar-refractivity contribution in [2.45, 2.75) is 38.5 Å². The van der Waals surface area contributed by atoms with Gasteiger partial charge in [-0.15, -0.1) is 0 Å². The number of carbonyl (C=O) groups excluding carboxylic acids is 2. The number of anilines is 3. The maximum atomic E-state index is 13.1. The smallest absolute Gasteiger partial charge is 0.247 e. The van der Waals surface area contributed by atoms with Gasteiger partial charge in [0.05, 0.1) is 18.1 Å². The average molecular weight is 463 g/mol. The fourth-order valence-corrected chi connectivity index (χ4v) is 4.61. The molecule has 0 unspecified atom stereocenters. The number of rotatable bonds is 8. The fourth-order valence-electron chi connectivity index (χ4n) is 4.61. The molecule has 9 nitrogen and oxygen atoms in total. The van der Waals surface area contributed by atoms with Crippen LogP contribution < -0.4 is 10.2 Å². The van der Waals surface area contributed by atoms with E-state index in [0.29, 0.717) is 30.3 Å². The zero-order valence-electron chi connectivity index (χ0n) is 19.8. The van der Waals surface area contributed by atoms with E-state index >= 15 is 0 Å². The summed E-state index contributed by atoms with van der Waals surface area (Å²) in [5, 5.41) is 22.0. The number of hydrogen-bond acceptors (Lipinski definition) is 7. The summed E-state index contributed by atoms with van der Waals surface area (Å²) in [7, 11) is 1.67. The molecule has 1 saturated heterocycles. The van der Waals surface area contributed by atoms with Gasteiger partial charge < -0.3 is 20.2 Å². The summed E-state index contributed by atoms with van der Waals surface area (Å²) in [5.41, 5.74) is -0.219. The number of hydrogen-bond donors (Lipinski definition) is 2. The van der Waals surface area contributed by atoms with Crippen LogP contribution in [-0.2, 0) is 15.0 Å². The number of nitrogens with zero attached hydrogens (tertiary/aromatic N) is 5. The molecule has 0 radical (unpaired) electrons. The Labute approximate surface area is 199 Å². The van der Waals surface area contributed by atoms with Crippen LogP contribution in [0.3, 0.4) is 0 Å². The quantitative estimate of drug-likeness (QED) is 0.618. The average Bonchev–Trinajstić information content (AvgIpc) is 3.63. The molecule has 1 atom stereocenters. The number of nitriles is 1. The molecule has 0 spiro atoms. The summed E-state index contributed by atoms with van der Waals surface area (Å²) in [6, 6.07) is 9.48. The Kier molecular flexibility index (Phi) is 6.28. The van der Waals surface area contributed by atoms with Gasteiger partial charge in [-0.25, -0.2) is 9.97 Å². The van der Waals surface area contributed by atoms with Gasteiger partial charge in [0.15, 0.2) is 0 Å². The molecule has 3 heterocycles. The SMILES string of the molecule is CN(CCO)C(=O)C(C)(C)c1ccc(Nc2cc(N3CC[C@@](C#N)(C4CC4)C3=O)ccn2)nc1. The van der Waals surface area contributed by atoms with Crippen molar-refractivity contribution < 1.29 is 14.7 Å². The van der Waals surface area contributed by atoms with Gasteiger partial charge in [0.1, 0.15) is 17.1 Å². The first kappa shape index (κ1) is 23.6. The zero-order chi connectivity index (χ0) is 24.5. The molecule has 1 aliphatic heterocycles. The predicted molar refractivity (Wildman–Crippen MR) is 127 cm³/mol. The fraction of sp³-hybridized carbons (Fsp3) is 0.480. The summed E-state index contributed by atoms with van der Waals surface area (Å²) in [5.74, 6) is 1.04. The van der Waals surface area contributed by atoms with E-state index in [1.165, 1.54) is 4.90 Å². The van der Waals surface area contributed by atoms with Gasteiger partial charge >= 0.3 is 0 Å². The van der Waals surface area contributed by atoms with Crippen molar-refractivity contribution in [2.24, 2.45) is 11.3 Å². The molecule has 0 bridgehead atoms. The van der Waals surface area contributed by atoms with Crippen molar-refractivity contribution in [3.63, 3.8) is 0 Å². The zero-order valence-corrected chi connectivity index (χ0v) is 19.8. The summed E-state index contributed by atoms with van der Waals surface area (Å²) in [4.78, 5) is 37.8. The van der Waals surface area contributed by atoms with Gasteiger partial charge in [0.2, 0.25) is 11.8 Å². The van der Waals surface area contributed by atoms with E-state index in [1.807, 2.05) is 19.9 Å². The number of likely N-dealkylation sites (N-methyl/N-ethyl adjacent to an activating group) is 1. The van der Waals surface area contributed by atoms with E-state index < -0.39 is 10.8 Å². The van der Waals surface area contributed by atoms with Crippen LogP contribution in [-0.4, -0.2) is 58.5 Å². The Bertz CT molecular complexity index is 1120. The van der Waals surface area contributed by atoms with E-state index in [1.54, 1.807) is 42.5 Å². The Morgan fingerprint density at radius 2 is 2.09 bits per heavy atom. The third kappa shape index (κ3) is 4.21. The van der Waals surface area contributed by atoms with Gasteiger partial charge in [-0.1, -0.05) is 6.07 Å². The van der Waals surface area contributed by atoms with Gasteiger partial charge in [-0.3, -0.25) is 9.59 Å². The minimum atomic E-state index is -0.885. The van der Waals surface area contributed by atoms with Crippen LogP contribution in [0.15, 0.2) is 36.7 Å². The Morgan fingerprint density at radius 3 is 2.71 bits per heavy atom. The van der Waals surface area contributed by atoms with Crippen LogP contribution >= 0.6 is 0 Å². The van der Waals surface area contributed by atoms with Gasteiger partial charge in [-0.2, -0.15) is 5.26 Å². The van der Waals surface area contributed by atoms with E-state index in [4.69, 9.17) is 5.11 Å². The summed E-state index contributed by atoms with van der Waals surface area (Å²) in [6.45, 7) is 4.36. The molecule has 9 heteroatoms. The summed E-state index contributed by atoms with van der Waals surface area (Å²) >= 11 is 0. The van der Waals surface area contributed by atoms with E-state index in [-0.39, 0.29) is 30.9 Å². The standard InChI is InChI=1S/C25H30N6O3/c1-24(2,22(33)30(3)12-13-32)18-6-7-20(28-15-18)29-21-14-19(8-10-27-21)31-11-9-25(16-26,23(31)34)17-4-5-17/h6-8,10,14-15,17,32H,4-5,9,11-13H2,1-3H3,(H,27,28,29)/t25-/m1/s1. The molecule has 34 heavy (non-hydrogen) atoms. The van der Waals surface area contributed by atoms with E-state index in [2.05, 4.69) is 21.4 Å². The van der Waals surface area contributed by atoms with Crippen molar-refractivity contribution in [2.75, 3.05) is 37.0 Å². The number of pyridine rings is 2. The molecule has 2 aromatic rings. The highest BCUT2D eigenvalue weighted by Gasteiger charge is 2.56. The molecule has 4 rings (SSSR count). The van der Waals surface area contributed by atoms with Crippen molar-refractivity contribution in [3.8, 4) is 6.07 Å². The predicted octanol–water partition coefficient (Wildman–Crippen LogP) is 2.61. The number of carbonyl (C=O) groups is 2. The number of nitrogens with one attached hydrogen (secondary N) is 1. The molecule has 2 N–H and O–H groups in total. The summed E-state index contributed by atoms with van der Waals surface area (Å²) in [6.07, 6.45) is 5.72. The molecule has 2 fully saturated rings. The third-order valence-electron chi connectivity index (χ3n) is 6.94. The maximum Gasteiger partial charge on any atom is 0.247 e. The van der Waals surface area contributed by atoms with Crippen molar-refractivity contribution >= 4 is 29.1 Å². The topological polar surface area (TPSA) is 122 Å². The highest BCUT2D eigenvalue weighted by Crippen LogP contribution is 2.51. The largest absolute Gasteiger partial charge is 0.395 e. The normalized spacial score (nSPS) is 20.2. The molecule has 178 valence electrons. The van der Waals surface area contributed by atoms with Crippen molar-refractivity contribution in [1.82, 2.24) is 14.9 Å². The monoisotopic (exact) mass is 462 g/mol. The van der Waals surface area contributed by atoms with Crippen LogP contribution in [0, 0.1) is 22.7 Å². The lowest BCUT2D eigenvalue weighted by Gasteiger charge is -2.29. The molecule has 2 aromatic heterocycles. The number of aliphatic hydroxyl groups is 1. The highest BCUT2D eigenvalue weighted by atomic mass is 16.3. The first-order chi connectivity index (χ1) is 16.2. The Hall–Kier alpha value is -3.51. The Balaban J connectivity index is 1.47. The van der Waals surface area contributed by atoms with Crippen LogP contribution in [0.1, 0.15) is 38.7 Å². The molecule has 1 saturated carbocycles. The minimum Gasteiger partial charge on any atom is -0.395 e. The van der Waals surface area contributed by atoms with Crippen molar-refractivity contribution in [3.05, 3.63) is 42.2 Å². The minimum absolute atomic E-state index is 0.0907. The number of amides is 2. The highest BCUT2D eigenvalue weighted by molar-refractivity contribution is 6.02. The molecule has 1 aliphatic carbocycles. The molecule has 2 aliphatic rings. The number of aliphatic hydroxyl groups excluding tert-OH is 1. The second-order valence-corrected chi connectivity index (χ2v) is 9.60. The van der Waals surface area contributed by atoms with Crippen molar-refractivity contribution in [1.29, 1.82) is 5.26 Å². The van der Waals surface area contributed by atoms with Gasteiger partial charge in [0, 0.05) is 44.3 Å². The number of aromatic nitrogens is 2. The second-order valence-electron chi connectivity index (χ2n) is 9.60. The van der Waals surface area contributed by atoms with E-state index in [0.717, 1.165) is 18.4 Å². The third-order valence-corrected chi connectivity index (χ3v) is 6.94. The van der Waals surface area contributed by atoms with Gasteiger partial charge in [-0.05, 0) is 56.7 Å². The Morgan fingerprint density at radius 1 is 1.32 bits per heavy atom. The molecule has 2 amide bonds. The van der Waals surface area contributed by atoms with Crippen LogP contribution in [0.4, 0.5) is 17.3 Å². The van der Waals surface area contributed by atoms with Crippen LogP contribution in [0.2, 0.25) is 0 Å². The maximum absolute atomic E-state index is 13.1. The van der Waals surface area contributed by atoms with Crippen LogP contribution in [0.25, 0.3) is 0 Å². The van der Waals surface area contributed by atoms with Gasteiger partial charge in [0.25, 0.3) is 0 Å². The lowest BCUT2D eigenvalue weighted by molar-refractivity contribution is -0.135. The van der Waals surface area contributed by atoms with E-state index in [9.17, 15) is 14.9 Å².